The number of hydrogen-bond acceptors (Lipinski definition) is 4. The van der Waals surface area contributed by atoms with Crippen molar-refractivity contribution in [3.05, 3.63) is 35.4 Å². The van der Waals surface area contributed by atoms with Crippen LogP contribution in [0.15, 0.2) is 29.3 Å². The predicted molar refractivity (Wildman–Crippen MR) is 88.2 cm³/mol. The van der Waals surface area contributed by atoms with Crippen molar-refractivity contribution < 1.29 is 22.8 Å². The molecule has 5 nitrogen and oxygen atoms in total. The van der Waals surface area contributed by atoms with Crippen molar-refractivity contribution in [2.75, 3.05) is 6.54 Å². The lowest BCUT2D eigenvalue weighted by Gasteiger charge is -2.29. The van der Waals surface area contributed by atoms with Gasteiger partial charge in [0.15, 0.2) is 5.17 Å². The molecule has 0 aliphatic carbocycles. The molecule has 2 aliphatic heterocycles. The summed E-state index contributed by atoms with van der Waals surface area (Å²) >= 11 is 1.09. The lowest BCUT2D eigenvalue weighted by Crippen LogP contribution is -2.63. The van der Waals surface area contributed by atoms with Crippen LogP contribution in [0.2, 0.25) is 0 Å². The van der Waals surface area contributed by atoms with Gasteiger partial charge in [0.1, 0.15) is 0 Å². The van der Waals surface area contributed by atoms with Crippen molar-refractivity contribution in [3.8, 4) is 0 Å². The van der Waals surface area contributed by atoms with Gasteiger partial charge in [0, 0.05) is 16.9 Å². The minimum absolute atomic E-state index is 0.0171. The van der Waals surface area contributed by atoms with Crippen molar-refractivity contribution in [1.29, 1.82) is 0 Å². The number of amidine groups is 1. The molecule has 9 heteroatoms. The highest BCUT2D eigenvalue weighted by molar-refractivity contribution is 8.15. The molecular formula is C16H16F3N3O2S. The number of thioether (sulfide) groups is 1. The normalized spacial score (nSPS) is 25.0. The van der Waals surface area contributed by atoms with Crippen molar-refractivity contribution in [2.24, 2.45) is 4.99 Å². The second-order valence-corrected chi connectivity index (χ2v) is 8.35. The molecule has 0 aromatic heterocycles. The third kappa shape index (κ3) is 2.90. The Morgan fingerprint density at radius 1 is 1.28 bits per heavy atom. The molecule has 0 saturated carbocycles. The van der Waals surface area contributed by atoms with E-state index in [9.17, 15) is 22.8 Å². The number of halogens is 3. The van der Waals surface area contributed by atoms with Crippen molar-refractivity contribution in [2.45, 2.75) is 37.4 Å². The zero-order chi connectivity index (χ0) is 18.6. The SMILES string of the molecule is Cc1ccc(C(=O)N[C@@]2(C(F)(F)F)N=C3SC(C)(C)CN3C2=O)cc1. The molecule has 2 amide bonds. The van der Waals surface area contributed by atoms with Gasteiger partial charge in [-0.25, -0.2) is 4.99 Å². The average Bonchev–Trinajstić information content (AvgIpc) is 2.91. The highest BCUT2D eigenvalue weighted by Gasteiger charge is 2.68. The smallest absolute Gasteiger partial charge is 0.312 e. The van der Waals surface area contributed by atoms with Gasteiger partial charge in [-0.3, -0.25) is 14.5 Å². The first-order valence-corrected chi connectivity index (χ1v) is 8.34. The topological polar surface area (TPSA) is 61.8 Å². The summed E-state index contributed by atoms with van der Waals surface area (Å²) in [7, 11) is 0. The minimum Gasteiger partial charge on any atom is -0.312 e. The third-order valence-electron chi connectivity index (χ3n) is 3.97. The molecule has 1 atom stereocenters. The number of fused-ring (bicyclic) bond motifs is 1. The van der Waals surface area contributed by atoms with E-state index in [0.717, 1.165) is 22.2 Å². The van der Waals surface area contributed by atoms with Gasteiger partial charge in [-0.15, -0.1) is 0 Å². The van der Waals surface area contributed by atoms with Crippen LogP contribution in [0, 0.1) is 6.92 Å². The number of alkyl halides is 3. The molecular weight excluding hydrogens is 355 g/mol. The Bertz CT molecular complexity index is 774. The van der Waals surface area contributed by atoms with Gasteiger partial charge in [-0.05, 0) is 32.9 Å². The number of rotatable bonds is 2. The fourth-order valence-corrected chi connectivity index (χ4v) is 3.82. The maximum absolute atomic E-state index is 13.7. The Kier molecular flexibility index (Phi) is 3.90. The first kappa shape index (κ1) is 17.8. The molecule has 1 N–H and O–H groups in total. The van der Waals surface area contributed by atoms with Crippen LogP contribution in [-0.4, -0.2) is 45.0 Å². The Morgan fingerprint density at radius 3 is 2.40 bits per heavy atom. The lowest BCUT2D eigenvalue weighted by atomic mass is 10.1. The second kappa shape index (κ2) is 5.48. The molecule has 3 rings (SSSR count). The van der Waals surface area contributed by atoms with E-state index in [1.54, 1.807) is 19.1 Å². The largest absolute Gasteiger partial charge is 0.442 e. The fourth-order valence-electron chi connectivity index (χ4n) is 2.69. The maximum Gasteiger partial charge on any atom is 0.442 e. The monoisotopic (exact) mass is 371 g/mol. The summed E-state index contributed by atoms with van der Waals surface area (Å²) in [5.41, 5.74) is -2.38. The van der Waals surface area contributed by atoms with Crippen LogP contribution in [0.3, 0.4) is 0 Å². The van der Waals surface area contributed by atoms with E-state index in [2.05, 4.69) is 4.99 Å². The average molecular weight is 371 g/mol. The molecule has 0 unspecified atom stereocenters. The summed E-state index contributed by atoms with van der Waals surface area (Å²) in [5, 5.41) is 1.80. The Balaban J connectivity index is 1.97. The highest BCUT2D eigenvalue weighted by atomic mass is 32.2. The number of hydrogen-bond donors (Lipinski definition) is 1. The van der Waals surface area contributed by atoms with Crippen LogP contribution < -0.4 is 5.32 Å². The van der Waals surface area contributed by atoms with E-state index in [1.165, 1.54) is 12.1 Å². The third-order valence-corrected chi connectivity index (χ3v) is 5.15. The van der Waals surface area contributed by atoms with E-state index in [4.69, 9.17) is 0 Å². The molecule has 0 spiro atoms. The van der Waals surface area contributed by atoms with Crippen LogP contribution in [0.4, 0.5) is 13.2 Å². The summed E-state index contributed by atoms with van der Waals surface area (Å²) in [5.74, 6) is -2.27. The molecule has 1 fully saturated rings. The van der Waals surface area contributed by atoms with Gasteiger partial charge in [0.25, 0.3) is 11.8 Å². The molecule has 0 bridgehead atoms. The van der Waals surface area contributed by atoms with E-state index < -0.39 is 28.4 Å². The Hall–Kier alpha value is -2.03. The number of carbonyl (C=O) groups is 2. The zero-order valence-corrected chi connectivity index (χ0v) is 14.6. The lowest BCUT2D eigenvalue weighted by molar-refractivity contribution is -0.196. The van der Waals surface area contributed by atoms with Crippen LogP contribution in [-0.2, 0) is 4.79 Å². The first-order chi connectivity index (χ1) is 11.5. The molecule has 1 aromatic rings. The van der Waals surface area contributed by atoms with E-state index in [0.29, 0.717) is 0 Å². The Labute approximate surface area is 146 Å². The van der Waals surface area contributed by atoms with Crippen molar-refractivity contribution in [1.82, 2.24) is 10.2 Å². The Morgan fingerprint density at radius 2 is 1.88 bits per heavy atom. The quantitative estimate of drug-likeness (QED) is 0.870. The second-order valence-electron chi connectivity index (χ2n) is 6.68. The highest BCUT2D eigenvalue weighted by Crippen LogP contribution is 2.45. The first-order valence-electron chi connectivity index (χ1n) is 7.52. The standard InChI is InChI=1S/C16H16F3N3O2S/c1-9-4-6-10(7-5-9)11(23)20-15(16(17,18)19)12(24)22-8-14(2,3)25-13(22)21-15/h4-7H,8H2,1-3H3,(H,20,23)/t15-/m1/s1. The number of carbonyl (C=O) groups excluding carboxylic acids is 2. The molecule has 2 aliphatic rings. The summed E-state index contributed by atoms with van der Waals surface area (Å²) in [4.78, 5) is 29.4. The number of benzene rings is 1. The number of aryl methyl sites for hydroxylation is 1. The summed E-state index contributed by atoms with van der Waals surface area (Å²) < 4.78 is 40.8. The predicted octanol–water partition coefficient (Wildman–Crippen LogP) is 2.71. The van der Waals surface area contributed by atoms with Crippen molar-refractivity contribution in [3.63, 3.8) is 0 Å². The van der Waals surface area contributed by atoms with Crippen LogP contribution in [0.1, 0.15) is 29.8 Å². The molecule has 25 heavy (non-hydrogen) atoms. The van der Waals surface area contributed by atoms with Gasteiger partial charge < -0.3 is 5.32 Å². The number of amides is 2. The maximum atomic E-state index is 13.7. The van der Waals surface area contributed by atoms with Gasteiger partial charge in [-0.2, -0.15) is 13.2 Å². The van der Waals surface area contributed by atoms with Gasteiger partial charge in [0.05, 0.1) is 0 Å². The fraction of sp³-hybridized carbons (Fsp3) is 0.438. The van der Waals surface area contributed by atoms with Crippen molar-refractivity contribution >= 4 is 28.7 Å². The van der Waals surface area contributed by atoms with E-state index in [1.807, 2.05) is 19.2 Å². The number of nitrogens with zero attached hydrogens (tertiary/aromatic N) is 2. The van der Waals surface area contributed by atoms with Gasteiger partial charge >= 0.3 is 11.8 Å². The van der Waals surface area contributed by atoms with E-state index >= 15 is 0 Å². The minimum atomic E-state index is -5.05. The molecule has 2 heterocycles. The van der Waals surface area contributed by atoms with Gasteiger partial charge in [0.2, 0.25) is 0 Å². The van der Waals surface area contributed by atoms with Crippen LogP contribution in [0.25, 0.3) is 0 Å². The zero-order valence-electron chi connectivity index (χ0n) is 13.8. The van der Waals surface area contributed by atoms with Gasteiger partial charge in [-0.1, -0.05) is 29.5 Å². The van der Waals surface area contributed by atoms with E-state index in [-0.39, 0.29) is 17.3 Å². The molecule has 1 saturated heterocycles. The summed E-state index contributed by atoms with van der Waals surface area (Å²) in [6, 6.07) is 6.02. The molecule has 1 aromatic carbocycles. The van der Waals surface area contributed by atoms with Crippen LogP contribution in [0.5, 0.6) is 0 Å². The molecule has 134 valence electrons. The summed E-state index contributed by atoms with van der Waals surface area (Å²) in [6.45, 7) is 5.52. The number of aliphatic imine (C=N–C) groups is 1. The summed E-state index contributed by atoms with van der Waals surface area (Å²) in [6.07, 6.45) is -5.05. The number of nitrogens with one attached hydrogen (secondary N) is 1. The molecule has 0 radical (unpaired) electrons. The van der Waals surface area contributed by atoms with Crippen LogP contribution >= 0.6 is 11.8 Å².